The van der Waals surface area contributed by atoms with Crippen LogP contribution in [0, 0.1) is 6.92 Å². The number of nitrogens with one attached hydrogen (secondary N) is 1. The van der Waals surface area contributed by atoms with Crippen LogP contribution in [0.25, 0.3) is 0 Å². The summed E-state index contributed by atoms with van der Waals surface area (Å²) in [5.74, 6) is 0.622. The van der Waals surface area contributed by atoms with Crippen LogP contribution < -0.4 is 14.8 Å². The van der Waals surface area contributed by atoms with E-state index < -0.39 is 16.1 Å². The molecule has 162 valence electrons. The number of benzene rings is 2. The third kappa shape index (κ3) is 4.94. The average molecular weight is 433 g/mol. The van der Waals surface area contributed by atoms with Crippen LogP contribution in [0.2, 0.25) is 0 Å². The molecule has 8 heteroatoms. The lowest BCUT2D eigenvalue weighted by Gasteiger charge is -2.20. The number of nitrogens with zero attached hydrogens (tertiary/aromatic N) is 1. The molecule has 1 amide bonds. The van der Waals surface area contributed by atoms with Crippen LogP contribution >= 0.6 is 0 Å². The molecule has 7 nitrogen and oxygen atoms in total. The lowest BCUT2D eigenvalue weighted by Crippen LogP contribution is -2.32. The predicted molar refractivity (Wildman–Crippen MR) is 116 cm³/mol. The maximum Gasteiger partial charge on any atom is 0.265 e. The van der Waals surface area contributed by atoms with Crippen LogP contribution in [0.15, 0.2) is 47.4 Å². The van der Waals surface area contributed by atoms with Crippen LogP contribution in [0.3, 0.4) is 0 Å². The molecule has 0 spiro atoms. The minimum Gasteiger partial charge on any atom is -0.495 e. The fourth-order valence-electron chi connectivity index (χ4n) is 3.41. The topological polar surface area (TPSA) is 84.9 Å². The number of amides is 1. The highest BCUT2D eigenvalue weighted by atomic mass is 32.2. The molecule has 0 radical (unpaired) electrons. The standard InChI is InChI=1S/C22H28N2O5S/c1-4-20(29-17-9-7-8-16(2)14-17)22(25)23-19-15-18(10-11-21(19)28-3)30(26,27)24-12-5-6-13-24/h7-11,14-15,20H,4-6,12-13H2,1-3H3,(H,23,25)/t20-/m1/s1. The first-order valence-corrected chi connectivity index (χ1v) is 11.5. The first kappa shape index (κ1) is 22.1. The first-order valence-electron chi connectivity index (χ1n) is 10.1. The van der Waals surface area contributed by atoms with E-state index in [-0.39, 0.29) is 10.8 Å². The van der Waals surface area contributed by atoms with Crippen LogP contribution in [0.5, 0.6) is 11.5 Å². The summed E-state index contributed by atoms with van der Waals surface area (Å²) in [5.41, 5.74) is 1.33. The molecule has 0 saturated carbocycles. The van der Waals surface area contributed by atoms with E-state index in [1.54, 1.807) is 12.1 Å². The SMILES string of the molecule is CC[C@@H](Oc1cccc(C)c1)C(=O)Nc1cc(S(=O)(=O)N2CCCC2)ccc1OC. The number of hydrogen-bond acceptors (Lipinski definition) is 5. The maximum atomic E-state index is 12.9. The van der Waals surface area contributed by atoms with Crippen molar-refractivity contribution >= 4 is 21.6 Å². The molecule has 0 aliphatic carbocycles. The van der Waals surface area contributed by atoms with Crippen LogP contribution in [0.4, 0.5) is 5.69 Å². The second kappa shape index (κ2) is 9.49. The summed E-state index contributed by atoms with van der Waals surface area (Å²) in [6.45, 7) is 4.83. The zero-order valence-corrected chi connectivity index (χ0v) is 18.4. The Bertz CT molecular complexity index is 1000. The molecule has 1 atom stereocenters. The van der Waals surface area contributed by atoms with Gasteiger partial charge < -0.3 is 14.8 Å². The Kier molecular flexibility index (Phi) is 6.99. The van der Waals surface area contributed by atoms with Gasteiger partial charge in [-0.2, -0.15) is 4.31 Å². The number of anilines is 1. The van der Waals surface area contributed by atoms with Gasteiger partial charge in [-0.05, 0) is 62.1 Å². The molecule has 1 fully saturated rings. The molecule has 2 aromatic rings. The van der Waals surface area contributed by atoms with Gasteiger partial charge in [-0.25, -0.2) is 8.42 Å². The largest absolute Gasteiger partial charge is 0.495 e. The molecule has 1 aliphatic heterocycles. The Labute approximate surface area is 178 Å². The van der Waals surface area contributed by atoms with Gasteiger partial charge in [0, 0.05) is 13.1 Å². The van der Waals surface area contributed by atoms with Crippen molar-refractivity contribution in [3.05, 3.63) is 48.0 Å². The molecule has 0 unspecified atom stereocenters. The zero-order valence-electron chi connectivity index (χ0n) is 17.6. The van der Waals surface area contributed by atoms with E-state index in [0.717, 1.165) is 18.4 Å². The molecule has 3 rings (SSSR count). The van der Waals surface area contributed by atoms with E-state index in [9.17, 15) is 13.2 Å². The molecule has 1 heterocycles. The number of ether oxygens (including phenoxy) is 2. The molecule has 1 N–H and O–H groups in total. The van der Waals surface area contributed by atoms with E-state index in [1.807, 2.05) is 32.0 Å². The molecule has 2 aromatic carbocycles. The Morgan fingerprint density at radius 2 is 1.90 bits per heavy atom. The Balaban J connectivity index is 1.82. The molecular formula is C22H28N2O5S. The molecule has 30 heavy (non-hydrogen) atoms. The van der Waals surface area contributed by atoms with Gasteiger partial charge in [0.25, 0.3) is 5.91 Å². The minimum absolute atomic E-state index is 0.133. The number of methoxy groups -OCH3 is 1. The highest BCUT2D eigenvalue weighted by Crippen LogP contribution is 2.30. The highest BCUT2D eigenvalue weighted by molar-refractivity contribution is 7.89. The summed E-state index contributed by atoms with van der Waals surface area (Å²) in [6.07, 6.45) is 1.43. The van der Waals surface area contributed by atoms with Crippen molar-refractivity contribution in [1.82, 2.24) is 4.31 Å². The lowest BCUT2D eigenvalue weighted by atomic mass is 10.2. The van der Waals surface area contributed by atoms with Crippen molar-refractivity contribution in [2.75, 3.05) is 25.5 Å². The van der Waals surface area contributed by atoms with E-state index in [2.05, 4.69) is 5.32 Å². The van der Waals surface area contributed by atoms with Crippen molar-refractivity contribution in [1.29, 1.82) is 0 Å². The highest BCUT2D eigenvalue weighted by Gasteiger charge is 2.28. The Morgan fingerprint density at radius 3 is 2.53 bits per heavy atom. The number of carbonyl (C=O) groups is 1. The number of aryl methyl sites for hydroxylation is 1. The average Bonchev–Trinajstić information content (AvgIpc) is 3.27. The van der Waals surface area contributed by atoms with Gasteiger partial charge in [-0.1, -0.05) is 19.1 Å². The van der Waals surface area contributed by atoms with Crippen molar-refractivity contribution in [3.63, 3.8) is 0 Å². The molecular weight excluding hydrogens is 404 g/mol. The van der Waals surface area contributed by atoms with Crippen molar-refractivity contribution < 1.29 is 22.7 Å². The van der Waals surface area contributed by atoms with Gasteiger partial charge in [0.05, 0.1) is 17.7 Å². The van der Waals surface area contributed by atoms with Gasteiger partial charge in [0.1, 0.15) is 11.5 Å². The Morgan fingerprint density at radius 1 is 1.17 bits per heavy atom. The molecule has 1 saturated heterocycles. The maximum absolute atomic E-state index is 12.9. The van der Waals surface area contributed by atoms with Crippen molar-refractivity contribution in [3.8, 4) is 11.5 Å². The summed E-state index contributed by atoms with van der Waals surface area (Å²) in [5, 5.41) is 2.78. The smallest absolute Gasteiger partial charge is 0.265 e. The quantitative estimate of drug-likeness (QED) is 0.689. The predicted octanol–water partition coefficient (Wildman–Crippen LogP) is 3.58. The van der Waals surface area contributed by atoms with Crippen LogP contribution in [0.1, 0.15) is 31.7 Å². The van der Waals surface area contributed by atoms with Crippen molar-refractivity contribution in [2.24, 2.45) is 0 Å². The van der Waals surface area contributed by atoms with E-state index in [4.69, 9.17) is 9.47 Å². The zero-order chi connectivity index (χ0) is 21.7. The summed E-state index contributed by atoms with van der Waals surface area (Å²) < 4.78 is 38.4. The normalized spacial score (nSPS) is 15.6. The van der Waals surface area contributed by atoms with Gasteiger partial charge in [0.2, 0.25) is 10.0 Å². The van der Waals surface area contributed by atoms with E-state index >= 15 is 0 Å². The van der Waals surface area contributed by atoms with Crippen LogP contribution in [-0.4, -0.2) is 44.9 Å². The van der Waals surface area contributed by atoms with Gasteiger partial charge in [-0.3, -0.25) is 4.79 Å². The summed E-state index contributed by atoms with van der Waals surface area (Å²) >= 11 is 0. The molecule has 1 aliphatic rings. The third-order valence-electron chi connectivity index (χ3n) is 5.06. The number of sulfonamides is 1. The van der Waals surface area contributed by atoms with Crippen LogP contribution in [-0.2, 0) is 14.8 Å². The monoisotopic (exact) mass is 432 g/mol. The van der Waals surface area contributed by atoms with Crippen molar-refractivity contribution in [2.45, 2.75) is 44.1 Å². The Hall–Kier alpha value is -2.58. The second-order valence-electron chi connectivity index (χ2n) is 7.29. The lowest BCUT2D eigenvalue weighted by molar-refractivity contribution is -0.122. The summed E-state index contributed by atoms with van der Waals surface area (Å²) in [4.78, 5) is 13.0. The molecule has 0 aromatic heterocycles. The summed E-state index contributed by atoms with van der Waals surface area (Å²) in [6, 6.07) is 12.0. The van der Waals surface area contributed by atoms with E-state index in [0.29, 0.717) is 36.7 Å². The van der Waals surface area contributed by atoms with E-state index in [1.165, 1.54) is 23.5 Å². The first-order chi connectivity index (χ1) is 14.3. The van der Waals surface area contributed by atoms with Gasteiger partial charge in [0.15, 0.2) is 6.10 Å². The fourth-order valence-corrected chi connectivity index (χ4v) is 4.96. The second-order valence-corrected chi connectivity index (χ2v) is 9.23. The minimum atomic E-state index is -3.61. The molecule has 0 bridgehead atoms. The number of hydrogen-bond donors (Lipinski definition) is 1. The van der Waals surface area contributed by atoms with Gasteiger partial charge in [-0.15, -0.1) is 0 Å². The third-order valence-corrected chi connectivity index (χ3v) is 6.96. The fraction of sp³-hybridized carbons (Fsp3) is 0.409. The summed E-state index contributed by atoms with van der Waals surface area (Å²) in [7, 11) is -2.13. The number of carbonyl (C=O) groups excluding carboxylic acids is 1. The van der Waals surface area contributed by atoms with Gasteiger partial charge >= 0.3 is 0 Å². The number of rotatable bonds is 8.